The molecule has 0 amide bonds. The second-order valence-corrected chi connectivity index (χ2v) is 3.29. The fourth-order valence-electron chi connectivity index (χ4n) is 0.722. The van der Waals surface area contributed by atoms with Gasteiger partial charge in [-0.1, -0.05) is 27.7 Å². The smallest absolute Gasteiger partial charge is 0.550 e. The van der Waals surface area contributed by atoms with Crippen LogP contribution < -0.4 is 10.8 Å². The van der Waals surface area contributed by atoms with Crippen LogP contribution in [0.25, 0.3) is 0 Å². The fourth-order valence-corrected chi connectivity index (χ4v) is 0.722. The van der Waals surface area contributed by atoms with Crippen LogP contribution in [-0.2, 0) is 27.2 Å². The topological polar surface area (TPSA) is 69.4 Å². The summed E-state index contributed by atoms with van der Waals surface area (Å²) in [7, 11) is 0. The molecule has 0 heterocycles. The average Bonchev–Trinajstić information content (AvgIpc) is 2.15. The number of hydrogen-bond donors (Lipinski definition) is 1. The van der Waals surface area contributed by atoms with Crippen LogP contribution in [0.5, 0.6) is 0 Å². The Bertz CT molecular complexity index is 139. The molecule has 0 saturated heterocycles. The molecule has 0 rings (SSSR count). The fraction of sp³-hybridized carbons (Fsp3) is 0.900. The van der Waals surface area contributed by atoms with Gasteiger partial charge < -0.3 is 20.5 Å². The number of hydrogen-bond acceptors (Lipinski definition) is 4. The third-order valence-corrected chi connectivity index (χ3v) is 1.81. The summed E-state index contributed by atoms with van der Waals surface area (Å²) in [5, 5.41) is 9.59. The summed E-state index contributed by atoms with van der Waals surface area (Å²) in [6, 6.07) is 0. The van der Waals surface area contributed by atoms with Gasteiger partial charge in [-0.2, -0.15) is 0 Å². The Morgan fingerprint density at radius 3 is 1.73 bits per heavy atom. The Labute approximate surface area is 109 Å². The van der Waals surface area contributed by atoms with E-state index in [2.05, 4.69) is 18.7 Å². The van der Waals surface area contributed by atoms with Gasteiger partial charge >= 0.3 is 22.4 Å². The predicted molar refractivity (Wildman–Crippen MR) is 56.7 cm³/mol. The molecule has 0 aliphatic rings. The molecule has 0 aromatic carbocycles. The van der Waals surface area contributed by atoms with Crippen LogP contribution in [0.1, 0.15) is 27.7 Å². The number of carboxylic acid groups (broad SMARTS) is 1. The second-order valence-electron chi connectivity index (χ2n) is 3.29. The molecule has 0 aromatic rings. The zero-order valence-corrected chi connectivity index (χ0v) is 11.5. The van der Waals surface area contributed by atoms with E-state index in [-0.39, 0.29) is 28.3 Å². The molecule has 15 heavy (non-hydrogen) atoms. The summed E-state index contributed by atoms with van der Waals surface area (Å²) in [6.07, 6.45) is 0. The Hall–Kier alpha value is 0.130. The molecule has 0 radical (unpaired) electrons. The van der Waals surface area contributed by atoms with Crippen LogP contribution >= 0.6 is 0 Å². The molecule has 0 saturated carbocycles. The van der Waals surface area contributed by atoms with Crippen molar-refractivity contribution in [2.24, 2.45) is 11.7 Å². The Balaban J connectivity index is -0.000000187. The molecule has 4 nitrogen and oxygen atoms in total. The number of likely N-dealkylation sites (N-methyl/N-ethyl adjacent to an activating group) is 1. The zero-order valence-electron chi connectivity index (χ0n) is 10.0. The molecule has 0 aromatic heterocycles. The summed E-state index contributed by atoms with van der Waals surface area (Å²) in [5.74, 6) is -1.33. The minimum Gasteiger partial charge on any atom is -0.550 e. The first-order valence-corrected chi connectivity index (χ1v) is 5.12. The molecule has 5 heteroatoms. The number of rotatable bonds is 5. The van der Waals surface area contributed by atoms with Crippen molar-refractivity contribution >= 4 is 5.97 Å². The predicted octanol–water partition coefficient (Wildman–Crippen LogP) is -0.323. The van der Waals surface area contributed by atoms with E-state index in [9.17, 15) is 9.90 Å². The standard InChI is InChI=1S/C6H16N2.C4H8O2.Ag/c1-3-8(4-2)6-5-7;1-3(2)4(5)6;/h3-7H2,1-2H3;3H,1-2H3,(H,5,6);/q;;+1/p-1. The van der Waals surface area contributed by atoms with E-state index in [1.54, 1.807) is 13.8 Å². The minimum absolute atomic E-state index is 0. The summed E-state index contributed by atoms with van der Waals surface area (Å²) < 4.78 is 0. The summed E-state index contributed by atoms with van der Waals surface area (Å²) in [6.45, 7) is 11.5. The third kappa shape index (κ3) is 16.8. The molecule has 0 atom stereocenters. The third-order valence-electron chi connectivity index (χ3n) is 1.81. The summed E-state index contributed by atoms with van der Waals surface area (Å²) in [4.78, 5) is 11.9. The van der Waals surface area contributed by atoms with Crippen molar-refractivity contribution in [2.45, 2.75) is 27.7 Å². The Kier molecular flexibility index (Phi) is 19.3. The number of nitrogens with zero attached hydrogens (tertiary/aromatic N) is 1. The molecule has 0 bridgehead atoms. The minimum atomic E-state index is -0.991. The molecular weight excluding hydrogens is 288 g/mol. The van der Waals surface area contributed by atoms with Crippen LogP contribution in [0.15, 0.2) is 0 Å². The van der Waals surface area contributed by atoms with E-state index < -0.39 is 5.97 Å². The Morgan fingerprint density at radius 1 is 1.33 bits per heavy atom. The van der Waals surface area contributed by atoms with Crippen molar-refractivity contribution in [1.82, 2.24) is 4.90 Å². The van der Waals surface area contributed by atoms with Crippen molar-refractivity contribution in [2.75, 3.05) is 26.2 Å². The first-order chi connectivity index (χ1) is 6.49. The van der Waals surface area contributed by atoms with Crippen LogP contribution in [0.2, 0.25) is 0 Å². The normalized spacial score (nSPS) is 9.27. The van der Waals surface area contributed by atoms with Gasteiger partial charge in [0.2, 0.25) is 0 Å². The number of nitrogens with two attached hydrogens (primary N) is 1. The first-order valence-electron chi connectivity index (χ1n) is 5.12. The second kappa shape index (κ2) is 14.1. The van der Waals surface area contributed by atoms with Gasteiger partial charge in [0.05, 0.1) is 0 Å². The molecule has 0 aliphatic heterocycles. The van der Waals surface area contributed by atoms with Crippen LogP contribution in [0.3, 0.4) is 0 Å². The number of carbonyl (C=O) groups is 1. The molecule has 0 unspecified atom stereocenters. The van der Waals surface area contributed by atoms with Crippen LogP contribution in [-0.4, -0.2) is 37.0 Å². The average molecular weight is 311 g/mol. The monoisotopic (exact) mass is 310 g/mol. The maximum absolute atomic E-state index is 9.59. The van der Waals surface area contributed by atoms with Gasteiger partial charge in [0.15, 0.2) is 0 Å². The maximum atomic E-state index is 9.59. The molecule has 2 N–H and O–H groups in total. The largest absolute Gasteiger partial charge is 1.00 e. The van der Waals surface area contributed by atoms with Crippen LogP contribution in [0, 0.1) is 5.92 Å². The van der Waals surface area contributed by atoms with Gasteiger partial charge in [0, 0.05) is 19.1 Å². The summed E-state index contributed by atoms with van der Waals surface area (Å²) >= 11 is 0. The molecule has 0 spiro atoms. The van der Waals surface area contributed by atoms with Crippen molar-refractivity contribution in [1.29, 1.82) is 0 Å². The van der Waals surface area contributed by atoms with Gasteiger partial charge in [0.25, 0.3) is 0 Å². The van der Waals surface area contributed by atoms with E-state index in [0.29, 0.717) is 0 Å². The van der Waals surface area contributed by atoms with Gasteiger partial charge in [-0.25, -0.2) is 0 Å². The van der Waals surface area contributed by atoms with Gasteiger partial charge in [-0.05, 0) is 19.0 Å². The van der Waals surface area contributed by atoms with E-state index in [1.165, 1.54) is 0 Å². The Morgan fingerprint density at radius 2 is 1.67 bits per heavy atom. The van der Waals surface area contributed by atoms with Gasteiger partial charge in [-0.15, -0.1) is 0 Å². The van der Waals surface area contributed by atoms with E-state index >= 15 is 0 Å². The van der Waals surface area contributed by atoms with Crippen molar-refractivity contribution < 1.29 is 32.3 Å². The van der Waals surface area contributed by atoms with Gasteiger partial charge in [0.1, 0.15) is 0 Å². The maximum Gasteiger partial charge on any atom is 1.00 e. The SMILES string of the molecule is CC(C)C(=O)[O-].CCN(CC)CCN.[Ag+]. The molecule has 0 aliphatic carbocycles. The summed E-state index contributed by atoms with van der Waals surface area (Å²) in [5.41, 5.74) is 5.34. The van der Waals surface area contributed by atoms with Crippen molar-refractivity contribution in [3.8, 4) is 0 Å². The number of carboxylic acids is 1. The quantitative estimate of drug-likeness (QED) is 0.706. The number of aliphatic carboxylic acids is 1. The van der Waals surface area contributed by atoms with Crippen molar-refractivity contribution in [3.05, 3.63) is 0 Å². The van der Waals surface area contributed by atoms with Crippen molar-refractivity contribution in [3.63, 3.8) is 0 Å². The first kappa shape index (κ1) is 20.5. The molecule has 96 valence electrons. The molecular formula is C10H23AgN2O2. The van der Waals surface area contributed by atoms with Crippen LogP contribution in [0.4, 0.5) is 0 Å². The van der Waals surface area contributed by atoms with E-state index in [0.717, 1.165) is 26.2 Å². The van der Waals surface area contributed by atoms with E-state index in [1.807, 2.05) is 0 Å². The molecule has 0 fully saturated rings. The number of carbonyl (C=O) groups excluding carboxylic acids is 1. The zero-order chi connectivity index (χ0) is 11.6. The van der Waals surface area contributed by atoms with Gasteiger partial charge in [-0.3, -0.25) is 0 Å². The van der Waals surface area contributed by atoms with E-state index in [4.69, 9.17) is 5.73 Å².